The Morgan fingerprint density at radius 2 is 2.12 bits per heavy atom. The van der Waals surface area contributed by atoms with Crippen molar-refractivity contribution in [3.8, 4) is 0 Å². The molecule has 2 fully saturated rings. The molecule has 16 heavy (non-hydrogen) atoms. The van der Waals surface area contributed by atoms with E-state index in [4.69, 9.17) is 15.3 Å². The maximum Gasteiger partial charge on any atom is 0.236 e. The number of rotatable bonds is 2. The van der Waals surface area contributed by atoms with Crippen molar-refractivity contribution in [2.75, 3.05) is 6.61 Å². The third kappa shape index (κ3) is 2.09. The van der Waals surface area contributed by atoms with Crippen molar-refractivity contribution in [2.45, 2.75) is 37.6 Å². The smallest absolute Gasteiger partial charge is 0.236 e. The summed E-state index contributed by atoms with van der Waals surface area (Å²) in [5, 5.41) is 0. The molecule has 0 bridgehead atoms. The van der Waals surface area contributed by atoms with Crippen molar-refractivity contribution in [1.29, 1.82) is 0 Å². The Labute approximate surface area is 93.4 Å². The first-order valence-electron chi connectivity index (χ1n) is 5.46. The highest BCUT2D eigenvalue weighted by Crippen LogP contribution is 2.39. The van der Waals surface area contributed by atoms with E-state index in [1.165, 1.54) is 0 Å². The third-order valence-corrected chi connectivity index (χ3v) is 3.29. The molecule has 0 radical (unpaired) electrons. The Bertz CT molecular complexity index is 287. The fraction of sp³-hybridized carbons (Fsp3) is 0.800. The third-order valence-electron chi connectivity index (χ3n) is 3.29. The average Bonchev–Trinajstić information content (AvgIpc) is 2.73. The van der Waals surface area contributed by atoms with Gasteiger partial charge in [0.1, 0.15) is 6.10 Å². The van der Waals surface area contributed by atoms with Crippen LogP contribution in [0.25, 0.3) is 0 Å². The lowest BCUT2D eigenvalue weighted by atomic mass is 9.84. The average molecular weight is 228 g/mol. The number of ether oxygens (including phenoxy) is 2. The van der Waals surface area contributed by atoms with E-state index in [1.807, 2.05) is 0 Å². The minimum atomic E-state index is -0.642. The van der Waals surface area contributed by atoms with Gasteiger partial charge in [-0.3, -0.25) is 10.2 Å². The van der Waals surface area contributed by atoms with E-state index in [9.17, 15) is 9.59 Å². The van der Waals surface area contributed by atoms with Crippen molar-refractivity contribution in [1.82, 2.24) is 5.43 Å². The van der Waals surface area contributed by atoms with Crippen LogP contribution in [0.2, 0.25) is 0 Å². The molecule has 1 saturated carbocycles. The maximum absolute atomic E-state index is 11.3. The van der Waals surface area contributed by atoms with Crippen molar-refractivity contribution in [3.05, 3.63) is 0 Å². The molecule has 1 heterocycles. The summed E-state index contributed by atoms with van der Waals surface area (Å²) in [6.07, 6.45) is 2.92. The van der Waals surface area contributed by atoms with Crippen molar-refractivity contribution < 1.29 is 19.1 Å². The summed E-state index contributed by atoms with van der Waals surface area (Å²) >= 11 is 0. The lowest BCUT2D eigenvalue weighted by Crippen LogP contribution is -2.42. The minimum Gasteiger partial charge on any atom is -0.347 e. The second-order valence-corrected chi connectivity index (χ2v) is 4.30. The molecule has 0 aromatic heterocycles. The number of hydrazine groups is 1. The van der Waals surface area contributed by atoms with Crippen LogP contribution < -0.4 is 11.3 Å². The van der Waals surface area contributed by atoms with Gasteiger partial charge in [-0.2, -0.15) is 0 Å². The zero-order valence-electron chi connectivity index (χ0n) is 8.98. The predicted octanol–water partition coefficient (Wildman–Crippen LogP) is -0.523. The van der Waals surface area contributed by atoms with Gasteiger partial charge < -0.3 is 14.3 Å². The van der Waals surface area contributed by atoms with Gasteiger partial charge in [0.15, 0.2) is 12.1 Å². The Morgan fingerprint density at radius 3 is 2.62 bits per heavy atom. The van der Waals surface area contributed by atoms with E-state index < -0.39 is 11.9 Å². The van der Waals surface area contributed by atoms with E-state index in [0.29, 0.717) is 32.3 Å². The largest absolute Gasteiger partial charge is 0.347 e. The minimum absolute atomic E-state index is 0.0712. The molecule has 0 aromatic carbocycles. The summed E-state index contributed by atoms with van der Waals surface area (Å²) in [5.74, 6) is 4.23. The van der Waals surface area contributed by atoms with E-state index in [-0.39, 0.29) is 11.8 Å². The predicted molar refractivity (Wildman–Crippen MR) is 53.9 cm³/mol. The Balaban J connectivity index is 1.90. The monoisotopic (exact) mass is 228 g/mol. The number of nitrogens with two attached hydrogens (primary N) is 1. The van der Waals surface area contributed by atoms with Crippen LogP contribution in [0.4, 0.5) is 0 Å². The van der Waals surface area contributed by atoms with Gasteiger partial charge in [-0.1, -0.05) is 0 Å². The van der Waals surface area contributed by atoms with Gasteiger partial charge >= 0.3 is 0 Å². The van der Waals surface area contributed by atoms with Crippen LogP contribution in [0.15, 0.2) is 0 Å². The van der Waals surface area contributed by atoms with Gasteiger partial charge in [0.25, 0.3) is 0 Å². The summed E-state index contributed by atoms with van der Waals surface area (Å²) in [5.41, 5.74) is 2.16. The topological polar surface area (TPSA) is 90.6 Å². The van der Waals surface area contributed by atoms with Gasteiger partial charge in [0.2, 0.25) is 5.91 Å². The summed E-state index contributed by atoms with van der Waals surface area (Å²) in [6, 6.07) is 0. The van der Waals surface area contributed by atoms with Gasteiger partial charge in [-0.15, -0.1) is 0 Å². The van der Waals surface area contributed by atoms with Crippen LogP contribution in [0.1, 0.15) is 25.7 Å². The lowest BCUT2D eigenvalue weighted by molar-refractivity contribution is -0.192. The molecule has 2 rings (SSSR count). The molecule has 1 amide bonds. The van der Waals surface area contributed by atoms with Gasteiger partial charge in [0, 0.05) is 18.8 Å². The normalized spacial score (nSPS) is 38.6. The zero-order chi connectivity index (χ0) is 11.6. The van der Waals surface area contributed by atoms with E-state index in [1.54, 1.807) is 0 Å². The standard InChI is InChI=1S/C10H16N2O4/c11-12-9(14)7-1-3-10(4-2-7)15-6-8(5-13)16-10/h5,7-8H,1-4,6,11H2,(H,12,14). The number of hydrogen-bond donors (Lipinski definition) is 2. The van der Waals surface area contributed by atoms with Crippen LogP contribution in [-0.2, 0) is 19.1 Å². The highest BCUT2D eigenvalue weighted by atomic mass is 16.7. The number of amides is 1. The zero-order valence-corrected chi connectivity index (χ0v) is 8.98. The van der Waals surface area contributed by atoms with Gasteiger partial charge in [-0.25, -0.2) is 5.84 Å². The second kappa shape index (κ2) is 4.48. The van der Waals surface area contributed by atoms with Crippen molar-refractivity contribution in [2.24, 2.45) is 11.8 Å². The molecule has 1 atom stereocenters. The van der Waals surface area contributed by atoms with E-state index >= 15 is 0 Å². The van der Waals surface area contributed by atoms with Crippen molar-refractivity contribution in [3.63, 3.8) is 0 Å². The summed E-state index contributed by atoms with van der Waals surface area (Å²) in [4.78, 5) is 21.9. The lowest BCUT2D eigenvalue weighted by Gasteiger charge is -2.34. The number of carbonyl (C=O) groups is 2. The quantitative estimate of drug-likeness (QED) is 0.287. The molecular formula is C10H16N2O4. The van der Waals surface area contributed by atoms with Gasteiger partial charge in [0.05, 0.1) is 6.61 Å². The Kier molecular flexibility index (Phi) is 3.22. The molecule has 1 unspecified atom stereocenters. The van der Waals surface area contributed by atoms with Crippen LogP contribution in [-0.4, -0.2) is 30.7 Å². The number of aldehydes is 1. The summed E-state index contributed by atoms with van der Waals surface area (Å²) in [6.45, 7) is 0.317. The highest BCUT2D eigenvalue weighted by molar-refractivity contribution is 5.78. The molecule has 1 aliphatic heterocycles. The molecule has 6 heteroatoms. The van der Waals surface area contributed by atoms with Crippen LogP contribution >= 0.6 is 0 Å². The van der Waals surface area contributed by atoms with Gasteiger partial charge in [-0.05, 0) is 12.8 Å². The molecule has 1 aliphatic carbocycles. The van der Waals surface area contributed by atoms with Crippen LogP contribution in [0, 0.1) is 5.92 Å². The molecular weight excluding hydrogens is 212 g/mol. The molecule has 6 nitrogen and oxygen atoms in total. The van der Waals surface area contributed by atoms with Crippen LogP contribution in [0.5, 0.6) is 0 Å². The Hall–Kier alpha value is -0.980. The molecule has 1 saturated heterocycles. The molecule has 3 N–H and O–H groups in total. The fourth-order valence-electron chi connectivity index (χ4n) is 2.34. The maximum atomic E-state index is 11.3. The fourth-order valence-corrected chi connectivity index (χ4v) is 2.34. The second-order valence-electron chi connectivity index (χ2n) is 4.30. The number of hydrogen-bond acceptors (Lipinski definition) is 5. The highest BCUT2D eigenvalue weighted by Gasteiger charge is 2.45. The van der Waals surface area contributed by atoms with E-state index in [0.717, 1.165) is 6.29 Å². The number of nitrogens with one attached hydrogen (secondary N) is 1. The number of carbonyl (C=O) groups excluding carboxylic acids is 2. The molecule has 90 valence electrons. The van der Waals surface area contributed by atoms with E-state index in [2.05, 4.69) is 5.43 Å². The van der Waals surface area contributed by atoms with Crippen LogP contribution in [0.3, 0.4) is 0 Å². The molecule has 0 aromatic rings. The summed E-state index contributed by atoms with van der Waals surface area (Å²) < 4.78 is 11.1. The summed E-state index contributed by atoms with van der Waals surface area (Å²) in [7, 11) is 0. The molecule has 2 aliphatic rings. The first-order valence-corrected chi connectivity index (χ1v) is 5.46. The van der Waals surface area contributed by atoms with Crippen molar-refractivity contribution >= 4 is 12.2 Å². The first-order chi connectivity index (χ1) is 7.69. The first kappa shape index (κ1) is 11.5. The molecule has 1 spiro atoms. The SMILES string of the molecule is NNC(=O)C1CCC2(CC1)OCC(C=O)O2. The Morgan fingerprint density at radius 1 is 1.44 bits per heavy atom.